The van der Waals surface area contributed by atoms with Gasteiger partial charge in [0.15, 0.2) is 12.1 Å². The molecule has 2 fully saturated rings. The number of nitrogens with one attached hydrogen (secondary N) is 1. The molecule has 2 aliphatic heterocycles. The Bertz CT molecular complexity index is 684. The van der Waals surface area contributed by atoms with Crippen LogP contribution in [0.4, 0.5) is 13.2 Å². The van der Waals surface area contributed by atoms with Crippen LogP contribution in [-0.4, -0.2) is 60.2 Å². The second-order valence-electron chi connectivity index (χ2n) is 7.13. The van der Waals surface area contributed by atoms with Gasteiger partial charge in [-0.3, -0.25) is 4.79 Å². The average molecular weight is 405 g/mol. The molecule has 1 aromatic rings. The smallest absolute Gasteiger partial charge is 0.374 e. The van der Waals surface area contributed by atoms with Crippen LogP contribution in [0.1, 0.15) is 19.4 Å². The minimum absolute atomic E-state index is 0.0203. The summed E-state index contributed by atoms with van der Waals surface area (Å²) in [7, 11) is 0. The molecular formula is C18H22F3NO6. The zero-order chi connectivity index (χ0) is 20.5. The number of aliphatic hydroxyl groups is 1. The lowest BCUT2D eigenvalue weighted by atomic mass is 9.97. The van der Waals surface area contributed by atoms with Crippen molar-refractivity contribution in [1.82, 2.24) is 5.32 Å². The van der Waals surface area contributed by atoms with Crippen molar-refractivity contribution in [2.75, 3.05) is 6.61 Å². The summed E-state index contributed by atoms with van der Waals surface area (Å²) >= 11 is 0. The van der Waals surface area contributed by atoms with Crippen molar-refractivity contribution >= 4 is 5.91 Å². The third kappa shape index (κ3) is 4.81. The molecule has 156 valence electrons. The van der Waals surface area contributed by atoms with E-state index in [0.29, 0.717) is 0 Å². The maximum Gasteiger partial charge on any atom is 0.471 e. The highest BCUT2D eigenvalue weighted by Crippen LogP contribution is 2.37. The van der Waals surface area contributed by atoms with Gasteiger partial charge >= 0.3 is 12.1 Å². The van der Waals surface area contributed by atoms with Gasteiger partial charge in [0.05, 0.1) is 13.2 Å². The van der Waals surface area contributed by atoms with Gasteiger partial charge in [0.25, 0.3) is 0 Å². The van der Waals surface area contributed by atoms with Gasteiger partial charge in [-0.2, -0.15) is 13.2 Å². The number of rotatable bonds is 5. The summed E-state index contributed by atoms with van der Waals surface area (Å²) in [6.07, 6.45) is -9.46. The van der Waals surface area contributed by atoms with Gasteiger partial charge in [-0.15, -0.1) is 0 Å². The van der Waals surface area contributed by atoms with E-state index in [1.165, 1.54) is 0 Å². The zero-order valence-corrected chi connectivity index (χ0v) is 15.3. The highest BCUT2D eigenvalue weighted by molar-refractivity contribution is 5.82. The van der Waals surface area contributed by atoms with E-state index < -0.39 is 48.5 Å². The van der Waals surface area contributed by atoms with E-state index in [1.807, 2.05) is 30.3 Å². The molecule has 1 unspecified atom stereocenters. The Morgan fingerprint density at radius 1 is 1.21 bits per heavy atom. The quantitative estimate of drug-likeness (QED) is 0.772. The molecule has 0 aliphatic carbocycles. The maximum absolute atomic E-state index is 12.6. The normalized spacial score (nSPS) is 32.0. The molecule has 28 heavy (non-hydrogen) atoms. The predicted molar refractivity (Wildman–Crippen MR) is 88.8 cm³/mol. The summed E-state index contributed by atoms with van der Waals surface area (Å²) in [5, 5.41) is 11.9. The van der Waals surface area contributed by atoms with E-state index in [9.17, 15) is 23.1 Å². The fourth-order valence-electron chi connectivity index (χ4n) is 3.27. The first kappa shape index (κ1) is 21.0. The Morgan fingerprint density at radius 3 is 2.50 bits per heavy atom. The number of alkyl halides is 3. The minimum Gasteiger partial charge on any atom is -0.374 e. The van der Waals surface area contributed by atoms with E-state index in [0.717, 1.165) is 5.56 Å². The summed E-state index contributed by atoms with van der Waals surface area (Å²) in [4.78, 5) is 11.3. The molecule has 0 spiro atoms. The number of aliphatic hydroxyl groups excluding tert-OH is 1. The molecule has 1 amide bonds. The SMILES string of the molecule is CC1(C)O[C@@H]2[C@H](O1)[C@@H](NC(=O)C(F)(F)F)C(O)O[C@@H]2COCc1ccccc1. The molecular weight excluding hydrogens is 383 g/mol. The van der Waals surface area contributed by atoms with Gasteiger partial charge in [-0.25, -0.2) is 0 Å². The van der Waals surface area contributed by atoms with Crippen LogP contribution in [0.5, 0.6) is 0 Å². The number of hydrogen-bond donors (Lipinski definition) is 2. The lowest BCUT2D eigenvalue weighted by Gasteiger charge is -2.40. The van der Waals surface area contributed by atoms with Crippen molar-refractivity contribution in [3.8, 4) is 0 Å². The predicted octanol–water partition coefficient (Wildman–Crippen LogP) is 1.49. The van der Waals surface area contributed by atoms with Gasteiger partial charge in [0.2, 0.25) is 0 Å². The van der Waals surface area contributed by atoms with Crippen molar-refractivity contribution in [3.63, 3.8) is 0 Å². The molecule has 2 saturated heterocycles. The van der Waals surface area contributed by atoms with Crippen LogP contribution in [-0.2, 0) is 30.3 Å². The second-order valence-corrected chi connectivity index (χ2v) is 7.13. The lowest BCUT2D eigenvalue weighted by molar-refractivity contribution is -0.238. The molecule has 1 aromatic carbocycles. The number of benzene rings is 1. The highest BCUT2D eigenvalue weighted by Gasteiger charge is 2.56. The molecule has 5 atom stereocenters. The summed E-state index contributed by atoms with van der Waals surface area (Å²) in [6, 6.07) is 7.91. The van der Waals surface area contributed by atoms with E-state index in [4.69, 9.17) is 18.9 Å². The largest absolute Gasteiger partial charge is 0.471 e. The van der Waals surface area contributed by atoms with Crippen LogP contribution in [0.2, 0.25) is 0 Å². The third-order valence-electron chi connectivity index (χ3n) is 4.45. The second kappa shape index (κ2) is 7.96. The van der Waals surface area contributed by atoms with E-state index in [-0.39, 0.29) is 13.2 Å². The molecule has 0 bridgehead atoms. The molecule has 2 heterocycles. The molecule has 2 N–H and O–H groups in total. The maximum atomic E-state index is 12.6. The molecule has 0 radical (unpaired) electrons. The number of halogens is 3. The summed E-state index contributed by atoms with van der Waals surface area (Å²) in [6.45, 7) is 3.48. The first-order chi connectivity index (χ1) is 13.1. The summed E-state index contributed by atoms with van der Waals surface area (Å²) in [5.74, 6) is -3.31. The fraction of sp³-hybridized carbons (Fsp3) is 0.611. The summed E-state index contributed by atoms with van der Waals surface area (Å²) in [5.41, 5.74) is 0.926. The van der Waals surface area contributed by atoms with Crippen molar-refractivity contribution in [2.24, 2.45) is 0 Å². The van der Waals surface area contributed by atoms with Crippen LogP contribution < -0.4 is 5.32 Å². The standard InChI is InChI=1S/C18H22F3NO6/c1-17(2)27-13-11(9-25-8-10-6-4-3-5-7-10)26-15(23)12(14(13)28-17)22-16(24)18(19,20)21/h3-7,11-15,23H,8-9H2,1-2H3,(H,22,24)/t11-,12-,13+,14-,15?/m1/s1. The molecule has 0 saturated carbocycles. The molecule has 10 heteroatoms. The van der Waals surface area contributed by atoms with Crippen LogP contribution >= 0.6 is 0 Å². The van der Waals surface area contributed by atoms with Gasteiger partial charge in [-0.05, 0) is 19.4 Å². The molecule has 7 nitrogen and oxygen atoms in total. The topological polar surface area (TPSA) is 86.3 Å². The van der Waals surface area contributed by atoms with E-state index >= 15 is 0 Å². The first-order valence-electron chi connectivity index (χ1n) is 8.75. The number of fused-ring (bicyclic) bond motifs is 1. The third-order valence-corrected chi connectivity index (χ3v) is 4.45. The van der Waals surface area contributed by atoms with E-state index in [1.54, 1.807) is 19.2 Å². The first-order valence-corrected chi connectivity index (χ1v) is 8.75. The number of hydrogen-bond acceptors (Lipinski definition) is 6. The average Bonchev–Trinajstić information content (AvgIpc) is 2.93. The zero-order valence-electron chi connectivity index (χ0n) is 15.3. The van der Waals surface area contributed by atoms with Gasteiger partial charge < -0.3 is 29.4 Å². The molecule has 2 aliphatic rings. The van der Waals surface area contributed by atoms with E-state index in [2.05, 4.69) is 0 Å². The van der Waals surface area contributed by atoms with Crippen LogP contribution in [0.25, 0.3) is 0 Å². The Hall–Kier alpha value is -1.72. The Morgan fingerprint density at radius 2 is 1.86 bits per heavy atom. The highest BCUT2D eigenvalue weighted by atomic mass is 19.4. The van der Waals surface area contributed by atoms with Crippen molar-refractivity contribution < 1.29 is 42.0 Å². The molecule has 0 aromatic heterocycles. The Labute approximate surface area is 159 Å². The van der Waals surface area contributed by atoms with Gasteiger partial charge in [0.1, 0.15) is 24.4 Å². The fourth-order valence-corrected chi connectivity index (χ4v) is 3.27. The van der Waals surface area contributed by atoms with Crippen molar-refractivity contribution in [2.45, 2.75) is 63.1 Å². The van der Waals surface area contributed by atoms with Gasteiger partial charge in [-0.1, -0.05) is 30.3 Å². The van der Waals surface area contributed by atoms with Gasteiger partial charge in [0, 0.05) is 0 Å². The van der Waals surface area contributed by atoms with Crippen molar-refractivity contribution in [3.05, 3.63) is 35.9 Å². The monoisotopic (exact) mass is 405 g/mol. The number of carbonyl (C=O) groups excluding carboxylic acids is 1. The van der Waals surface area contributed by atoms with Crippen LogP contribution in [0.3, 0.4) is 0 Å². The number of ether oxygens (including phenoxy) is 4. The number of amides is 1. The van der Waals surface area contributed by atoms with Crippen molar-refractivity contribution in [1.29, 1.82) is 0 Å². The number of carbonyl (C=O) groups is 1. The summed E-state index contributed by atoms with van der Waals surface area (Å²) < 4.78 is 60.2. The van der Waals surface area contributed by atoms with Crippen LogP contribution in [0.15, 0.2) is 30.3 Å². The Balaban J connectivity index is 1.67. The minimum atomic E-state index is -5.10. The lowest BCUT2D eigenvalue weighted by Crippen LogP contribution is -2.64. The molecule has 3 rings (SSSR count). The van der Waals surface area contributed by atoms with Crippen LogP contribution in [0, 0.1) is 0 Å². The Kier molecular flexibility index (Phi) is 5.97.